The molecule has 0 saturated carbocycles. The SMILES string of the molecule is Nc1cc(C(=O)O)cnc1Oc1ccccc1CO. The van der Waals surface area contributed by atoms with Gasteiger partial charge in [-0.05, 0) is 12.1 Å². The van der Waals surface area contributed by atoms with Crippen molar-refractivity contribution in [3.05, 3.63) is 47.7 Å². The van der Waals surface area contributed by atoms with Crippen LogP contribution in [0.25, 0.3) is 0 Å². The van der Waals surface area contributed by atoms with Gasteiger partial charge in [-0.1, -0.05) is 18.2 Å². The zero-order chi connectivity index (χ0) is 13.8. The van der Waals surface area contributed by atoms with Gasteiger partial charge in [-0.2, -0.15) is 0 Å². The Labute approximate surface area is 109 Å². The summed E-state index contributed by atoms with van der Waals surface area (Å²) < 4.78 is 5.48. The van der Waals surface area contributed by atoms with Crippen molar-refractivity contribution in [2.45, 2.75) is 6.61 Å². The molecule has 0 amide bonds. The highest BCUT2D eigenvalue weighted by Gasteiger charge is 2.11. The molecule has 0 bridgehead atoms. The number of hydrogen-bond acceptors (Lipinski definition) is 5. The molecule has 0 saturated heterocycles. The predicted molar refractivity (Wildman–Crippen MR) is 68.0 cm³/mol. The molecule has 2 aromatic rings. The molecule has 1 heterocycles. The van der Waals surface area contributed by atoms with Crippen LogP contribution in [0.15, 0.2) is 36.5 Å². The number of nitrogen functional groups attached to an aromatic ring is 1. The topological polar surface area (TPSA) is 106 Å². The van der Waals surface area contributed by atoms with Gasteiger partial charge in [0.2, 0.25) is 5.88 Å². The van der Waals surface area contributed by atoms with Crippen LogP contribution in [0, 0.1) is 0 Å². The van der Waals surface area contributed by atoms with Gasteiger partial charge in [0.15, 0.2) is 0 Å². The van der Waals surface area contributed by atoms with E-state index in [1.165, 1.54) is 6.07 Å². The number of nitrogens with zero attached hydrogens (tertiary/aromatic N) is 1. The van der Waals surface area contributed by atoms with Crippen LogP contribution in [0.1, 0.15) is 15.9 Å². The number of rotatable bonds is 4. The van der Waals surface area contributed by atoms with Crippen molar-refractivity contribution in [2.24, 2.45) is 0 Å². The maximum Gasteiger partial charge on any atom is 0.337 e. The molecule has 0 spiro atoms. The van der Waals surface area contributed by atoms with E-state index >= 15 is 0 Å². The van der Waals surface area contributed by atoms with Crippen LogP contribution in [0.2, 0.25) is 0 Å². The summed E-state index contributed by atoms with van der Waals surface area (Å²) in [7, 11) is 0. The molecule has 6 nitrogen and oxygen atoms in total. The van der Waals surface area contributed by atoms with Crippen LogP contribution in [-0.4, -0.2) is 21.2 Å². The monoisotopic (exact) mass is 260 g/mol. The van der Waals surface area contributed by atoms with E-state index < -0.39 is 5.97 Å². The van der Waals surface area contributed by atoms with Crippen molar-refractivity contribution in [1.29, 1.82) is 0 Å². The lowest BCUT2D eigenvalue weighted by Gasteiger charge is -2.10. The number of anilines is 1. The first-order chi connectivity index (χ1) is 9.11. The number of benzene rings is 1. The first kappa shape index (κ1) is 12.8. The average molecular weight is 260 g/mol. The summed E-state index contributed by atoms with van der Waals surface area (Å²) >= 11 is 0. The molecular formula is C13H12N2O4. The summed E-state index contributed by atoms with van der Waals surface area (Å²) in [5, 5.41) is 18.0. The highest BCUT2D eigenvalue weighted by atomic mass is 16.5. The van der Waals surface area contributed by atoms with E-state index in [0.717, 1.165) is 6.20 Å². The highest BCUT2D eigenvalue weighted by Crippen LogP contribution is 2.28. The number of ether oxygens (including phenoxy) is 1. The lowest BCUT2D eigenvalue weighted by molar-refractivity contribution is 0.0696. The Morgan fingerprint density at radius 1 is 1.37 bits per heavy atom. The van der Waals surface area contributed by atoms with Gasteiger partial charge in [-0.25, -0.2) is 9.78 Å². The Bertz CT molecular complexity index is 613. The summed E-state index contributed by atoms with van der Waals surface area (Å²) in [6.07, 6.45) is 1.16. The first-order valence-electron chi connectivity index (χ1n) is 5.47. The number of aromatic nitrogens is 1. The van der Waals surface area contributed by atoms with Crippen LogP contribution in [0.4, 0.5) is 5.69 Å². The molecule has 0 aliphatic rings. The van der Waals surface area contributed by atoms with Crippen molar-refractivity contribution >= 4 is 11.7 Å². The quantitative estimate of drug-likeness (QED) is 0.771. The molecule has 0 radical (unpaired) electrons. The second-order valence-electron chi connectivity index (χ2n) is 3.79. The van der Waals surface area contributed by atoms with E-state index in [-0.39, 0.29) is 23.7 Å². The summed E-state index contributed by atoms with van der Waals surface area (Å²) in [5.74, 6) is -0.584. The van der Waals surface area contributed by atoms with Crippen molar-refractivity contribution in [3.63, 3.8) is 0 Å². The number of aliphatic hydroxyl groups excluding tert-OH is 1. The van der Waals surface area contributed by atoms with Crippen molar-refractivity contribution in [1.82, 2.24) is 4.98 Å². The molecule has 4 N–H and O–H groups in total. The molecule has 0 atom stereocenters. The first-order valence-corrected chi connectivity index (χ1v) is 5.47. The zero-order valence-corrected chi connectivity index (χ0v) is 9.91. The van der Waals surface area contributed by atoms with Crippen LogP contribution in [0.3, 0.4) is 0 Å². The highest BCUT2D eigenvalue weighted by molar-refractivity contribution is 5.88. The molecule has 98 valence electrons. The van der Waals surface area contributed by atoms with Crippen LogP contribution in [0.5, 0.6) is 11.6 Å². The smallest absolute Gasteiger partial charge is 0.337 e. The molecule has 2 rings (SSSR count). The molecule has 0 unspecified atom stereocenters. The van der Waals surface area contributed by atoms with E-state index in [1.54, 1.807) is 24.3 Å². The predicted octanol–water partition coefficient (Wildman–Crippen LogP) is 1.65. The molecule has 6 heteroatoms. The van der Waals surface area contributed by atoms with Crippen molar-refractivity contribution < 1.29 is 19.7 Å². The lowest BCUT2D eigenvalue weighted by Crippen LogP contribution is -2.02. The Morgan fingerprint density at radius 2 is 2.11 bits per heavy atom. The maximum atomic E-state index is 10.8. The number of aromatic carboxylic acids is 1. The molecule has 19 heavy (non-hydrogen) atoms. The van der Waals surface area contributed by atoms with Gasteiger partial charge in [0.1, 0.15) is 5.75 Å². The Balaban J connectivity index is 2.31. The lowest BCUT2D eigenvalue weighted by atomic mass is 10.2. The van der Waals surface area contributed by atoms with Crippen LogP contribution < -0.4 is 10.5 Å². The van der Waals surface area contributed by atoms with E-state index in [0.29, 0.717) is 11.3 Å². The van der Waals surface area contributed by atoms with E-state index in [4.69, 9.17) is 15.6 Å². The van der Waals surface area contributed by atoms with E-state index in [1.807, 2.05) is 0 Å². The molecule has 1 aromatic heterocycles. The third-order valence-corrected chi connectivity index (χ3v) is 2.48. The summed E-state index contributed by atoms with van der Waals surface area (Å²) in [5.41, 5.74) is 6.38. The van der Waals surface area contributed by atoms with Gasteiger partial charge in [0, 0.05) is 11.8 Å². The summed E-state index contributed by atoms with van der Waals surface area (Å²) in [6, 6.07) is 8.15. The van der Waals surface area contributed by atoms with Crippen LogP contribution in [-0.2, 0) is 6.61 Å². The number of carboxylic acids is 1. The fraction of sp³-hybridized carbons (Fsp3) is 0.0769. The number of nitrogens with two attached hydrogens (primary N) is 1. The Kier molecular flexibility index (Phi) is 3.63. The fourth-order valence-electron chi connectivity index (χ4n) is 1.51. The summed E-state index contributed by atoms with van der Waals surface area (Å²) in [4.78, 5) is 14.6. The number of para-hydroxylation sites is 1. The normalized spacial score (nSPS) is 10.2. The number of carboxylic acid groups (broad SMARTS) is 1. The molecule has 0 fully saturated rings. The molecule has 1 aromatic carbocycles. The standard InChI is InChI=1S/C13H12N2O4/c14-10-5-9(13(17)18)6-15-12(10)19-11-4-2-1-3-8(11)7-16/h1-6,16H,7,14H2,(H,17,18). The number of carbonyl (C=O) groups is 1. The minimum atomic E-state index is -1.11. The van der Waals surface area contributed by atoms with Gasteiger partial charge < -0.3 is 20.7 Å². The minimum Gasteiger partial charge on any atom is -0.478 e. The van der Waals surface area contributed by atoms with Crippen molar-refractivity contribution in [3.8, 4) is 11.6 Å². The van der Waals surface area contributed by atoms with Crippen molar-refractivity contribution in [2.75, 3.05) is 5.73 Å². The molecule has 0 aliphatic carbocycles. The maximum absolute atomic E-state index is 10.8. The van der Waals surface area contributed by atoms with Gasteiger partial charge in [-0.15, -0.1) is 0 Å². The van der Waals surface area contributed by atoms with Gasteiger partial charge in [-0.3, -0.25) is 0 Å². The number of aliphatic hydroxyl groups is 1. The van der Waals surface area contributed by atoms with E-state index in [9.17, 15) is 9.90 Å². The third-order valence-electron chi connectivity index (χ3n) is 2.48. The largest absolute Gasteiger partial charge is 0.478 e. The van der Waals surface area contributed by atoms with Gasteiger partial charge in [0.25, 0.3) is 0 Å². The number of pyridine rings is 1. The summed E-state index contributed by atoms with van der Waals surface area (Å²) in [6.45, 7) is -0.177. The second-order valence-corrected chi connectivity index (χ2v) is 3.79. The zero-order valence-electron chi connectivity index (χ0n) is 9.91. The Morgan fingerprint density at radius 3 is 2.74 bits per heavy atom. The van der Waals surface area contributed by atoms with Crippen LogP contribution >= 0.6 is 0 Å². The molecule has 0 aliphatic heterocycles. The Hall–Kier alpha value is -2.60. The number of hydrogen-bond donors (Lipinski definition) is 3. The van der Waals surface area contributed by atoms with Gasteiger partial charge >= 0.3 is 5.97 Å². The minimum absolute atomic E-state index is 0.0136. The molecular weight excluding hydrogens is 248 g/mol. The van der Waals surface area contributed by atoms with Gasteiger partial charge in [0.05, 0.1) is 17.9 Å². The third kappa shape index (κ3) is 2.80. The van der Waals surface area contributed by atoms with E-state index in [2.05, 4.69) is 4.98 Å². The second kappa shape index (κ2) is 5.36. The fourth-order valence-corrected chi connectivity index (χ4v) is 1.51. The average Bonchev–Trinajstić information content (AvgIpc) is 2.41.